The zero-order chi connectivity index (χ0) is 13.8. The summed E-state index contributed by atoms with van der Waals surface area (Å²) in [7, 11) is 0. The molecule has 1 aromatic heterocycles. The van der Waals surface area contributed by atoms with Crippen molar-refractivity contribution < 1.29 is 0 Å². The normalized spacial score (nSPS) is 12.6. The molecule has 0 amide bonds. The van der Waals surface area contributed by atoms with Gasteiger partial charge in [0, 0.05) is 12.7 Å². The average Bonchev–Trinajstić information content (AvgIpc) is 2.87. The summed E-state index contributed by atoms with van der Waals surface area (Å²) in [5, 5.41) is 7.98. The Morgan fingerprint density at radius 2 is 2.00 bits per heavy atom. The second kappa shape index (κ2) is 6.02. The zero-order valence-corrected chi connectivity index (χ0v) is 12.3. The second-order valence-electron chi connectivity index (χ2n) is 4.92. The Labute approximate surface area is 115 Å². The van der Waals surface area contributed by atoms with E-state index in [-0.39, 0.29) is 6.04 Å². The zero-order valence-electron chi connectivity index (χ0n) is 12.3. The lowest BCUT2D eigenvalue weighted by Gasteiger charge is -2.22. The molecule has 0 bridgehead atoms. The first-order valence-electron chi connectivity index (χ1n) is 6.99. The molecule has 0 fully saturated rings. The first kappa shape index (κ1) is 13.8. The van der Waals surface area contributed by atoms with E-state index in [1.54, 1.807) is 0 Å². The van der Waals surface area contributed by atoms with Crippen LogP contribution in [0.1, 0.15) is 42.3 Å². The van der Waals surface area contributed by atoms with Crippen molar-refractivity contribution in [3.05, 3.63) is 52.8 Å². The minimum Gasteiger partial charge on any atom is -0.305 e. The molecule has 102 valence electrons. The molecule has 1 N–H and O–H groups in total. The fourth-order valence-electron chi connectivity index (χ4n) is 2.50. The largest absolute Gasteiger partial charge is 0.305 e. The summed E-state index contributed by atoms with van der Waals surface area (Å²) in [5.74, 6) is 0. The highest BCUT2D eigenvalue weighted by Gasteiger charge is 2.18. The van der Waals surface area contributed by atoms with Crippen LogP contribution in [0, 0.1) is 13.8 Å². The highest BCUT2D eigenvalue weighted by atomic mass is 15.3. The van der Waals surface area contributed by atoms with E-state index >= 15 is 0 Å². The third-order valence-corrected chi connectivity index (χ3v) is 3.50. The summed E-state index contributed by atoms with van der Waals surface area (Å²) in [4.78, 5) is 0. The molecule has 0 aliphatic rings. The van der Waals surface area contributed by atoms with Gasteiger partial charge in [-0.15, -0.1) is 0 Å². The maximum atomic E-state index is 4.39. The van der Waals surface area contributed by atoms with Gasteiger partial charge < -0.3 is 5.32 Å². The van der Waals surface area contributed by atoms with Crippen molar-refractivity contribution in [1.82, 2.24) is 15.1 Å². The quantitative estimate of drug-likeness (QED) is 0.891. The third kappa shape index (κ3) is 2.87. The van der Waals surface area contributed by atoms with Crippen molar-refractivity contribution in [2.75, 3.05) is 6.54 Å². The van der Waals surface area contributed by atoms with Crippen molar-refractivity contribution >= 4 is 0 Å². The summed E-state index contributed by atoms with van der Waals surface area (Å²) in [5.41, 5.74) is 5.20. The predicted molar refractivity (Wildman–Crippen MR) is 79.3 cm³/mol. The molecule has 1 aromatic carbocycles. The molecule has 0 saturated carbocycles. The number of nitrogens with zero attached hydrogens (tertiary/aromatic N) is 2. The van der Waals surface area contributed by atoms with Crippen LogP contribution in [-0.2, 0) is 6.54 Å². The van der Waals surface area contributed by atoms with E-state index in [9.17, 15) is 0 Å². The maximum Gasteiger partial charge on any atom is 0.0750 e. The molecule has 1 unspecified atom stereocenters. The second-order valence-corrected chi connectivity index (χ2v) is 4.92. The van der Waals surface area contributed by atoms with E-state index < -0.39 is 0 Å². The van der Waals surface area contributed by atoms with Crippen LogP contribution in [0.25, 0.3) is 0 Å². The van der Waals surface area contributed by atoms with Gasteiger partial charge in [-0.3, -0.25) is 4.68 Å². The van der Waals surface area contributed by atoms with Crippen molar-refractivity contribution in [1.29, 1.82) is 0 Å². The Balaban J connectivity index is 2.48. The Morgan fingerprint density at radius 3 is 2.68 bits per heavy atom. The van der Waals surface area contributed by atoms with Crippen LogP contribution in [0.2, 0.25) is 0 Å². The molecule has 0 aliphatic heterocycles. The van der Waals surface area contributed by atoms with Crippen LogP contribution in [-0.4, -0.2) is 16.3 Å². The molecule has 2 rings (SSSR count). The van der Waals surface area contributed by atoms with Crippen LogP contribution in [0.15, 0.2) is 30.5 Å². The highest BCUT2D eigenvalue weighted by Crippen LogP contribution is 2.25. The van der Waals surface area contributed by atoms with Crippen LogP contribution in [0.5, 0.6) is 0 Å². The SMILES string of the molecule is CCNC(c1cc(C)ccc1C)c1ccnn1CC. The Hall–Kier alpha value is -1.61. The summed E-state index contributed by atoms with van der Waals surface area (Å²) >= 11 is 0. The molecule has 0 radical (unpaired) electrons. The lowest BCUT2D eigenvalue weighted by atomic mass is 9.96. The monoisotopic (exact) mass is 257 g/mol. The predicted octanol–water partition coefficient (Wildman–Crippen LogP) is 3.22. The van der Waals surface area contributed by atoms with Gasteiger partial charge in [-0.05, 0) is 44.5 Å². The first-order valence-corrected chi connectivity index (χ1v) is 6.99. The van der Waals surface area contributed by atoms with Gasteiger partial charge >= 0.3 is 0 Å². The number of aryl methyl sites for hydroxylation is 3. The van der Waals surface area contributed by atoms with E-state index in [1.807, 2.05) is 6.20 Å². The summed E-state index contributed by atoms with van der Waals surface area (Å²) in [6, 6.07) is 8.96. The van der Waals surface area contributed by atoms with Crippen molar-refractivity contribution in [3.63, 3.8) is 0 Å². The van der Waals surface area contributed by atoms with Gasteiger partial charge in [0.2, 0.25) is 0 Å². The van der Waals surface area contributed by atoms with Crippen LogP contribution >= 0.6 is 0 Å². The lowest BCUT2D eigenvalue weighted by molar-refractivity contribution is 0.541. The molecular weight excluding hydrogens is 234 g/mol. The molecule has 3 nitrogen and oxygen atoms in total. The van der Waals surface area contributed by atoms with Gasteiger partial charge in [-0.25, -0.2) is 0 Å². The van der Waals surface area contributed by atoms with Crippen molar-refractivity contribution in [2.45, 2.75) is 40.3 Å². The minimum absolute atomic E-state index is 0.215. The maximum absolute atomic E-state index is 4.39. The van der Waals surface area contributed by atoms with E-state index in [4.69, 9.17) is 0 Å². The van der Waals surface area contributed by atoms with Crippen LogP contribution < -0.4 is 5.32 Å². The van der Waals surface area contributed by atoms with E-state index in [0.29, 0.717) is 0 Å². The average molecular weight is 257 g/mol. The number of hydrogen-bond donors (Lipinski definition) is 1. The molecule has 0 aliphatic carbocycles. The first-order chi connectivity index (χ1) is 9.17. The molecule has 1 atom stereocenters. The standard InChI is InChI=1S/C16H23N3/c1-5-17-16(15-9-10-18-19(15)6-2)14-11-12(3)7-8-13(14)4/h7-11,16-17H,5-6H2,1-4H3. The van der Waals surface area contributed by atoms with E-state index in [0.717, 1.165) is 13.1 Å². The van der Waals surface area contributed by atoms with Crippen molar-refractivity contribution in [2.24, 2.45) is 0 Å². The lowest BCUT2D eigenvalue weighted by Crippen LogP contribution is -2.25. The summed E-state index contributed by atoms with van der Waals surface area (Å²) < 4.78 is 2.06. The third-order valence-electron chi connectivity index (χ3n) is 3.50. The molecule has 0 spiro atoms. The minimum atomic E-state index is 0.215. The number of rotatable bonds is 5. The molecular formula is C16H23N3. The van der Waals surface area contributed by atoms with Gasteiger partial charge in [0.25, 0.3) is 0 Å². The summed E-state index contributed by atoms with van der Waals surface area (Å²) in [6.45, 7) is 10.4. The van der Waals surface area contributed by atoms with Gasteiger partial charge in [0.05, 0.1) is 11.7 Å². The molecule has 1 heterocycles. The number of benzene rings is 1. The fourth-order valence-corrected chi connectivity index (χ4v) is 2.50. The number of hydrogen-bond acceptors (Lipinski definition) is 2. The van der Waals surface area contributed by atoms with Crippen molar-refractivity contribution in [3.8, 4) is 0 Å². The van der Waals surface area contributed by atoms with E-state index in [1.165, 1.54) is 22.4 Å². The van der Waals surface area contributed by atoms with E-state index in [2.05, 4.69) is 67.1 Å². The highest BCUT2D eigenvalue weighted by molar-refractivity contribution is 5.37. The summed E-state index contributed by atoms with van der Waals surface area (Å²) in [6.07, 6.45) is 1.88. The van der Waals surface area contributed by atoms with Crippen LogP contribution in [0.3, 0.4) is 0 Å². The Kier molecular flexibility index (Phi) is 4.38. The molecule has 3 heteroatoms. The van der Waals surface area contributed by atoms with Gasteiger partial charge in [0.1, 0.15) is 0 Å². The topological polar surface area (TPSA) is 29.9 Å². The molecule has 0 saturated heterocycles. The molecule has 2 aromatic rings. The number of nitrogens with one attached hydrogen (secondary N) is 1. The van der Waals surface area contributed by atoms with Crippen LogP contribution in [0.4, 0.5) is 0 Å². The fraction of sp³-hybridized carbons (Fsp3) is 0.438. The number of aromatic nitrogens is 2. The van der Waals surface area contributed by atoms with Gasteiger partial charge in [-0.1, -0.05) is 30.7 Å². The van der Waals surface area contributed by atoms with Gasteiger partial charge in [-0.2, -0.15) is 5.10 Å². The smallest absolute Gasteiger partial charge is 0.0750 e. The Morgan fingerprint density at radius 1 is 1.21 bits per heavy atom. The molecule has 19 heavy (non-hydrogen) atoms. The van der Waals surface area contributed by atoms with Gasteiger partial charge in [0.15, 0.2) is 0 Å². The Bertz CT molecular complexity index is 543.